The SMILES string of the molecule is CNCc1ccc(S(=O)(=O)N2CCC(C(C)C)CC2)nc1. The van der Waals surface area contributed by atoms with E-state index >= 15 is 0 Å². The van der Waals surface area contributed by atoms with Gasteiger partial charge in [-0.3, -0.25) is 0 Å². The molecule has 1 saturated heterocycles. The quantitative estimate of drug-likeness (QED) is 0.901. The summed E-state index contributed by atoms with van der Waals surface area (Å²) < 4.78 is 26.7. The van der Waals surface area contributed by atoms with Crippen LogP contribution in [0.15, 0.2) is 23.4 Å². The third-order valence-electron chi connectivity index (χ3n) is 4.22. The van der Waals surface area contributed by atoms with Gasteiger partial charge in [-0.2, -0.15) is 4.31 Å². The molecular formula is C15H25N3O2S. The van der Waals surface area contributed by atoms with Gasteiger partial charge in [0.15, 0.2) is 5.03 Å². The molecule has 1 aromatic rings. The number of rotatable bonds is 5. The van der Waals surface area contributed by atoms with Crippen LogP contribution in [0.25, 0.3) is 0 Å². The summed E-state index contributed by atoms with van der Waals surface area (Å²) >= 11 is 0. The summed E-state index contributed by atoms with van der Waals surface area (Å²) in [6, 6.07) is 3.42. The molecule has 0 atom stereocenters. The highest BCUT2D eigenvalue weighted by Crippen LogP contribution is 2.27. The molecule has 1 aliphatic heterocycles. The average Bonchev–Trinajstić information content (AvgIpc) is 2.48. The Morgan fingerprint density at radius 2 is 2.00 bits per heavy atom. The Morgan fingerprint density at radius 1 is 1.33 bits per heavy atom. The molecule has 2 heterocycles. The first-order valence-corrected chi connectivity index (χ1v) is 8.99. The van der Waals surface area contributed by atoms with E-state index in [2.05, 4.69) is 24.1 Å². The fourth-order valence-corrected chi connectivity index (χ4v) is 4.17. The van der Waals surface area contributed by atoms with Crippen molar-refractivity contribution < 1.29 is 8.42 Å². The average molecular weight is 311 g/mol. The van der Waals surface area contributed by atoms with E-state index in [-0.39, 0.29) is 5.03 Å². The minimum Gasteiger partial charge on any atom is -0.316 e. The van der Waals surface area contributed by atoms with Gasteiger partial charge in [0, 0.05) is 25.8 Å². The summed E-state index contributed by atoms with van der Waals surface area (Å²) in [5.41, 5.74) is 0.981. The predicted octanol–water partition coefficient (Wildman–Crippen LogP) is 1.86. The Bertz CT molecular complexity index is 547. The van der Waals surface area contributed by atoms with Gasteiger partial charge in [-0.1, -0.05) is 19.9 Å². The van der Waals surface area contributed by atoms with Crippen LogP contribution in [-0.4, -0.2) is 37.8 Å². The molecule has 5 nitrogen and oxygen atoms in total. The summed E-state index contributed by atoms with van der Waals surface area (Å²) in [5.74, 6) is 1.25. The molecule has 118 valence electrons. The summed E-state index contributed by atoms with van der Waals surface area (Å²) in [4.78, 5) is 4.13. The van der Waals surface area contributed by atoms with Crippen LogP contribution in [0.1, 0.15) is 32.3 Å². The molecule has 0 aromatic carbocycles. The van der Waals surface area contributed by atoms with Crippen molar-refractivity contribution in [1.29, 1.82) is 0 Å². The van der Waals surface area contributed by atoms with Crippen molar-refractivity contribution in [3.63, 3.8) is 0 Å². The van der Waals surface area contributed by atoms with Crippen LogP contribution >= 0.6 is 0 Å². The van der Waals surface area contributed by atoms with Gasteiger partial charge in [0.1, 0.15) is 0 Å². The van der Waals surface area contributed by atoms with Gasteiger partial charge in [-0.05, 0) is 43.4 Å². The maximum atomic E-state index is 12.6. The van der Waals surface area contributed by atoms with E-state index in [1.807, 2.05) is 13.1 Å². The zero-order valence-electron chi connectivity index (χ0n) is 13.0. The largest absolute Gasteiger partial charge is 0.316 e. The predicted molar refractivity (Wildman–Crippen MR) is 83.3 cm³/mol. The monoisotopic (exact) mass is 311 g/mol. The molecule has 0 unspecified atom stereocenters. The molecule has 1 aliphatic rings. The third-order valence-corrected chi connectivity index (χ3v) is 6.04. The first-order valence-electron chi connectivity index (χ1n) is 7.55. The lowest BCUT2D eigenvalue weighted by molar-refractivity contribution is 0.226. The molecule has 0 amide bonds. The standard InChI is InChI=1S/C15H25N3O2S/c1-12(2)14-6-8-18(9-7-14)21(19,20)15-5-4-13(10-16-3)11-17-15/h4-5,11-12,14,16H,6-10H2,1-3H3. The molecule has 1 fully saturated rings. The molecule has 1 N–H and O–H groups in total. The van der Waals surface area contributed by atoms with Gasteiger partial charge in [0.2, 0.25) is 0 Å². The molecule has 0 spiro atoms. The maximum Gasteiger partial charge on any atom is 0.260 e. The number of nitrogens with zero attached hydrogens (tertiary/aromatic N) is 2. The van der Waals surface area contributed by atoms with E-state index in [1.54, 1.807) is 16.6 Å². The molecule has 0 aliphatic carbocycles. The highest BCUT2D eigenvalue weighted by atomic mass is 32.2. The van der Waals surface area contributed by atoms with Gasteiger partial charge < -0.3 is 5.32 Å². The fourth-order valence-electron chi connectivity index (χ4n) is 2.79. The van der Waals surface area contributed by atoms with E-state index in [4.69, 9.17) is 0 Å². The maximum absolute atomic E-state index is 12.6. The second-order valence-electron chi connectivity index (χ2n) is 6.02. The Hall–Kier alpha value is -0.980. The van der Waals surface area contributed by atoms with Gasteiger partial charge >= 0.3 is 0 Å². The highest BCUT2D eigenvalue weighted by Gasteiger charge is 2.31. The Balaban J connectivity index is 2.08. The van der Waals surface area contributed by atoms with Gasteiger partial charge in [-0.15, -0.1) is 0 Å². The van der Waals surface area contributed by atoms with Crippen LogP contribution in [0.5, 0.6) is 0 Å². The van der Waals surface area contributed by atoms with Crippen molar-refractivity contribution in [2.75, 3.05) is 20.1 Å². The molecule has 6 heteroatoms. The lowest BCUT2D eigenvalue weighted by Crippen LogP contribution is -2.39. The number of aromatic nitrogens is 1. The fraction of sp³-hybridized carbons (Fsp3) is 0.667. The van der Waals surface area contributed by atoms with Crippen LogP contribution in [-0.2, 0) is 16.6 Å². The number of pyridine rings is 1. The van der Waals surface area contributed by atoms with E-state index in [9.17, 15) is 8.42 Å². The Kier molecular flexibility index (Phi) is 5.35. The third kappa shape index (κ3) is 3.81. The Morgan fingerprint density at radius 3 is 2.48 bits per heavy atom. The van der Waals surface area contributed by atoms with Crippen LogP contribution in [0.3, 0.4) is 0 Å². The van der Waals surface area contributed by atoms with Crippen LogP contribution < -0.4 is 5.32 Å². The minimum absolute atomic E-state index is 0.158. The summed E-state index contributed by atoms with van der Waals surface area (Å²) in [6.07, 6.45) is 3.51. The van der Waals surface area contributed by atoms with Crippen molar-refractivity contribution in [3.8, 4) is 0 Å². The van der Waals surface area contributed by atoms with Crippen molar-refractivity contribution in [2.45, 2.75) is 38.3 Å². The molecule has 0 bridgehead atoms. The number of hydrogen-bond acceptors (Lipinski definition) is 4. The van der Waals surface area contributed by atoms with Gasteiger partial charge in [0.25, 0.3) is 10.0 Å². The van der Waals surface area contributed by atoms with Gasteiger partial charge in [0.05, 0.1) is 0 Å². The molecule has 1 aromatic heterocycles. The van der Waals surface area contributed by atoms with Crippen molar-refractivity contribution >= 4 is 10.0 Å². The van der Waals surface area contributed by atoms with E-state index < -0.39 is 10.0 Å². The molecular weight excluding hydrogens is 286 g/mol. The van der Waals surface area contributed by atoms with E-state index in [0.29, 0.717) is 31.5 Å². The van der Waals surface area contributed by atoms with Gasteiger partial charge in [-0.25, -0.2) is 13.4 Å². The highest BCUT2D eigenvalue weighted by molar-refractivity contribution is 7.89. The minimum atomic E-state index is -3.44. The molecule has 0 saturated carbocycles. The summed E-state index contributed by atoms with van der Waals surface area (Å²) in [6.45, 7) is 6.30. The first-order chi connectivity index (χ1) is 9.95. The number of nitrogens with one attached hydrogen (secondary N) is 1. The zero-order chi connectivity index (χ0) is 15.5. The van der Waals surface area contributed by atoms with Crippen LogP contribution in [0, 0.1) is 11.8 Å². The Labute approximate surface area is 127 Å². The number of piperidine rings is 1. The second-order valence-corrected chi connectivity index (χ2v) is 7.91. The van der Waals surface area contributed by atoms with E-state index in [1.165, 1.54) is 0 Å². The molecule has 21 heavy (non-hydrogen) atoms. The number of hydrogen-bond donors (Lipinski definition) is 1. The smallest absolute Gasteiger partial charge is 0.260 e. The van der Waals surface area contributed by atoms with Crippen molar-refractivity contribution in [2.24, 2.45) is 11.8 Å². The van der Waals surface area contributed by atoms with E-state index in [0.717, 1.165) is 18.4 Å². The first kappa shape index (κ1) is 16.4. The zero-order valence-corrected chi connectivity index (χ0v) is 13.9. The van der Waals surface area contributed by atoms with Crippen LogP contribution in [0.2, 0.25) is 0 Å². The molecule has 2 rings (SSSR count). The normalized spacial score (nSPS) is 18.3. The topological polar surface area (TPSA) is 62.3 Å². The lowest BCUT2D eigenvalue weighted by Gasteiger charge is -2.32. The summed E-state index contributed by atoms with van der Waals surface area (Å²) in [7, 11) is -1.59. The van der Waals surface area contributed by atoms with Crippen LogP contribution in [0.4, 0.5) is 0 Å². The number of sulfonamides is 1. The van der Waals surface area contributed by atoms with Crippen molar-refractivity contribution in [3.05, 3.63) is 23.9 Å². The molecule has 0 radical (unpaired) electrons. The van der Waals surface area contributed by atoms with Crippen molar-refractivity contribution in [1.82, 2.24) is 14.6 Å². The lowest BCUT2D eigenvalue weighted by atomic mass is 9.87. The summed E-state index contributed by atoms with van der Waals surface area (Å²) in [5, 5.41) is 3.18. The second kappa shape index (κ2) is 6.85.